The summed E-state index contributed by atoms with van der Waals surface area (Å²) in [5.41, 5.74) is 0. The highest BCUT2D eigenvalue weighted by Gasteiger charge is 2.27. The van der Waals surface area contributed by atoms with Gasteiger partial charge in [0, 0.05) is 46.7 Å². The van der Waals surface area contributed by atoms with Crippen LogP contribution < -0.4 is 0 Å². The van der Waals surface area contributed by atoms with Crippen LogP contribution in [0, 0.1) is 0 Å². The van der Waals surface area contributed by atoms with Crippen molar-refractivity contribution in [2.24, 2.45) is 0 Å². The molecule has 0 aromatic rings. The number of carbonyl (C=O) groups is 1. The summed E-state index contributed by atoms with van der Waals surface area (Å²) in [6, 6.07) is 0. The van der Waals surface area contributed by atoms with Gasteiger partial charge in [0.2, 0.25) is 5.91 Å². The molecule has 0 radical (unpaired) electrons. The number of unbranched alkanes of at least 4 members (excludes halogenated alkanes) is 1. The topological polar surface area (TPSA) is 60.9 Å². The van der Waals surface area contributed by atoms with Gasteiger partial charge in [-0.05, 0) is 12.8 Å². The van der Waals surface area contributed by atoms with Crippen LogP contribution in [0.1, 0.15) is 32.6 Å². The number of hydrogen-bond donors (Lipinski definition) is 0. The third kappa shape index (κ3) is 4.43. The van der Waals surface area contributed by atoms with Crippen LogP contribution in [-0.4, -0.2) is 68.1 Å². The number of nitrogens with zero attached hydrogens (tertiary/aromatic N) is 3. The van der Waals surface area contributed by atoms with E-state index in [0.29, 0.717) is 39.0 Å². The van der Waals surface area contributed by atoms with Crippen molar-refractivity contribution >= 4 is 16.1 Å². The first-order valence-corrected chi connectivity index (χ1v) is 8.24. The van der Waals surface area contributed by atoms with Crippen molar-refractivity contribution in [1.29, 1.82) is 0 Å². The molecule has 0 saturated carbocycles. The number of hydrogen-bond acceptors (Lipinski definition) is 3. The molecule has 1 heterocycles. The lowest BCUT2D eigenvalue weighted by molar-refractivity contribution is -0.131. The van der Waals surface area contributed by atoms with Gasteiger partial charge in [0.15, 0.2) is 0 Å². The molecule has 1 saturated heterocycles. The maximum absolute atomic E-state index is 12.0. The van der Waals surface area contributed by atoms with E-state index in [2.05, 4.69) is 6.92 Å². The Morgan fingerprint density at radius 2 is 1.84 bits per heavy atom. The summed E-state index contributed by atoms with van der Waals surface area (Å²) in [5.74, 6) is 0.144. The lowest BCUT2D eigenvalue weighted by atomic mass is 10.2. The molecule has 0 bridgehead atoms. The molecular weight excluding hydrogens is 266 g/mol. The van der Waals surface area contributed by atoms with Crippen LogP contribution in [0.5, 0.6) is 0 Å². The van der Waals surface area contributed by atoms with Crippen molar-refractivity contribution in [2.75, 3.05) is 40.3 Å². The van der Waals surface area contributed by atoms with Crippen molar-refractivity contribution in [3.8, 4) is 0 Å². The second-order valence-electron chi connectivity index (χ2n) is 5.03. The van der Waals surface area contributed by atoms with Crippen LogP contribution in [0.2, 0.25) is 0 Å². The molecule has 0 aliphatic carbocycles. The average Bonchev–Trinajstić information content (AvgIpc) is 2.61. The molecule has 1 aliphatic heterocycles. The first-order chi connectivity index (χ1) is 8.89. The molecule has 0 unspecified atom stereocenters. The van der Waals surface area contributed by atoms with Gasteiger partial charge in [-0.15, -0.1) is 0 Å². The second-order valence-corrected chi connectivity index (χ2v) is 7.17. The zero-order valence-corrected chi connectivity index (χ0v) is 12.9. The van der Waals surface area contributed by atoms with Gasteiger partial charge >= 0.3 is 0 Å². The highest BCUT2D eigenvalue weighted by atomic mass is 32.2. The highest BCUT2D eigenvalue weighted by molar-refractivity contribution is 7.86. The molecule has 1 aliphatic rings. The van der Waals surface area contributed by atoms with Gasteiger partial charge < -0.3 is 4.90 Å². The number of carbonyl (C=O) groups excluding carboxylic acids is 1. The largest absolute Gasteiger partial charge is 0.341 e. The first kappa shape index (κ1) is 16.4. The molecule has 112 valence electrons. The fourth-order valence-corrected chi connectivity index (χ4v) is 3.23. The van der Waals surface area contributed by atoms with E-state index in [0.717, 1.165) is 12.8 Å². The van der Waals surface area contributed by atoms with Crippen LogP contribution >= 0.6 is 0 Å². The summed E-state index contributed by atoms with van der Waals surface area (Å²) in [6.07, 6.45) is 3.16. The Kier molecular flexibility index (Phi) is 6.22. The van der Waals surface area contributed by atoms with Crippen LogP contribution in [0.25, 0.3) is 0 Å². The molecule has 19 heavy (non-hydrogen) atoms. The normalized spacial score (nSPS) is 18.6. The lowest BCUT2D eigenvalue weighted by Crippen LogP contribution is -2.42. The van der Waals surface area contributed by atoms with Crippen molar-refractivity contribution in [1.82, 2.24) is 13.5 Å². The van der Waals surface area contributed by atoms with Gasteiger partial charge in [-0.25, -0.2) is 0 Å². The van der Waals surface area contributed by atoms with E-state index in [9.17, 15) is 13.2 Å². The minimum atomic E-state index is -3.36. The molecule has 0 N–H and O–H groups in total. The molecule has 6 nitrogen and oxygen atoms in total. The minimum absolute atomic E-state index is 0.144. The Bertz CT molecular complexity index is 395. The Morgan fingerprint density at radius 1 is 1.16 bits per heavy atom. The molecule has 0 aromatic heterocycles. The fraction of sp³-hybridized carbons (Fsp3) is 0.917. The molecule has 1 fully saturated rings. The van der Waals surface area contributed by atoms with E-state index in [-0.39, 0.29) is 5.91 Å². The second kappa shape index (κ2) is 7.21. The standard InChI is InChI=1S/C12H25N3O3S/c1-4-5-7-12(16)14-8-6-9-15(11-10-14)19(17,18)13(2)3/h4-11H2,1-3H3. The van der Waals surface area contributed by atoms with Crippen LogP contribution in [0.15, 0.2) is 0 Å². The van der Waals surface area contributed by atoms with Crippen LogP contribution in [0.3, 0.4) is 0 Å². The average molecular weight is 291 g/mol. The Morgan fingerprint density at radius 3 is 2.42 bits per heavy atom. The quantitative estimate of drug-likeness (QED) is 0.742. The molecule has 1 amide bonds. The van der Waals surface area contributed by atoms with E-state index in [1.54, 1.807) is 4.90 Å². The summed E-state index contributed by atoms with van der Waals surface area (Å²) < 4.78 is 26.8. The molecule has 0 aromatic carbocycles. The molecule has 0 atom stereocenters. The van der Waals surface area contributed by atoms with Crippen molar-refractivity contribution in [3.05, 3.63) is 0 Å². The van der Waals surface area contributed by atoms with Gasteiger partial charge in [0.25, 0.3) is 10.2 Å². The summed E-state index contributed by atoms with van der Waals surface area (Å²) in [6.45, 7) is 4.08. The summed E-state index contributed by atoms with van der Waals surface area (Å²) in [5, 5.41) is 0. The Balaban J connectivity index is 2.59. The third-order valence-corrected chi connectivity index (χ3v) is 5.28. The smallest absolute Gasteiger partial charge is 0.281 e. The molecule has 1 rings (SSSR count). The molecular formula is C12H25N3O3S. The zero-order chi connectivity index (χ0) is 14.5. The van der Waals surface area contributed by atoms with Gasteiger partial charge in [-0.1, -0.05) is 13.3 Å². The predicted molar refractivity (Wildman–Crippen MR) is 74.9 cm³/mol. The van der Waals surface area contributed by atoms with E-state index in [4.69, 9.17) is 0 Å². The molecule has 7 heteroatoms. The van der Waals surface area contributed by atoms with E-state index in [1.807, 2.05) is 0 Å². The van der Waals surface area contributed by atoms with Crippen molar-refractivity contribution in [2.45, 2.75) is 32.6 Å². The maximum atomic E-state index is 12.0. The van der Waals surface area contributed by atoms with Gasteiger partial charge in [0.1, 0.15) is 0 Å². The lowest BCUT2D eigenvalue weighted by Gasteiger charge is -2.24. The Hall–Kier alpha value is -0.660. The van der Waals surface area contributed by atoms with Gasteiger partial charge in [-0.2, -0.15) is 17.0 Å². The van der Waals surface area contributed by atoms with Crippen molar-refractivity contribution < 1.29 is 13.2 Å². The van der Waals surface area contributed by atoms with Crippen LogP contribution in [-0.2, 0) is 15.0 Å². The first-order valence-electron chi connectivity index (χ1n) is 6.85. The predicted octanol–water partition coefficient (Wildman–Crippen LogP) is 0.517. The van der Waals surface area contributed by atoms with E-state index >= 15 is 0 Å². The van der Waals surface area contributed by atoms with Crippen molar-refractivity contribution in [3.63, 3.8) is 0 Å². The van der Waals surface area contributed by atoms with E-state index < -0.39 is 10.2 Å². The number of rotatable bonds is 5. The zero-order valence-electron chi connectivity index (χ0n) is 12.1. The van der Waals surface area contributed by atoms with E-state index in [1.165, 1.54) is 22.7 Å². The Labute approximate surface area is 116 Å². The van der Waals surface area contributed by atoms with Gasteiger partial charge in [-0.3, -0.25) is 4.79 Å². The highest BCUT2D eigenvalue weighted by Crippen LogP contribution is 2.11. The SMILES string of the molecule is CCCCC(=O)N1CCCN(S(=O)(=O)N(C)C)CC1. The summed E-state index contributed by atoms with van der Waals surface area (Å²) in [4.78, 5) is 13.7. The number of amides is 1. The monoisotopic (exact) mass is 291 g/mol. The minimum Gasteiger partial charge on any atom is -0.341 e. The fourth-order valence-electron chi connectivity index (χ4n) is 2.09. The third-order valence-electron chi connectivity index (χ3n) is 3.34. The van der Waals surface area contributed by atoms with Crippen LogP contribution in [0.4, 0.5) is 0 Å². The maximum Gasteiger partial charge on any atom is 0.281 e. The summed E-state index contributed by atoms with van der Waals surface area (Å²) >= 11 is 0. The summed E-state index contributed by atoms with van der Waals surface area (Å²) in [7, 11) is -0.296. The molecule has 0 spiro atoms. The van der Waals surface area contributed by atoms with Gasteiger partial charge in [0.05, 0.1) is 0 Å².